The van der Waals surface area contributed by atoms with E-state index in [0.717, 1.165) is 49.8 Å². The Hall–Kier alpha value is -2.81. The Labute approximate surface area is 265 Å². The van der Waals surface area contributed by atoms with Gasteiger partial charge in [-0.1, -0.05) is 27.7 Å². The topological polar surface area (TPSA) is 101 Å². The first-order chi connectivity index (χ1) is 20.7. The second-order valence-electron chi connectivity index (χ2n) is 14.2. The van der Waals surface area contributed by atoms with Gasteiger partial charge < -0.3 is 24.2 Å². The summed E-state index contributed by atoms with van der Waals surface area (Å²) in [6, 6.07) is 1.91. The Balaban J connectivity index is 1.85. The molecule has 2 atom stereocenters. The average molecular weight is 616 g/mol. The zero-order chi connectivity index (χ0) is 32.6. The van der Waals surface area contributed by atoms with Gasteiger partial charge in [0.2, 0.25) is 5.91 Å². The number of carbonyl (C=O) groups excluding carboxylic acids is 2. The highest BCUT2D eigenvalue weighted by Crippen LogP contribution is 2.38. The highest BCUT2D eigenvalue weighted by atomic mass is 16.6. The van der Waals surface area contributed by atoms with Gasteiger partial charge in [-0.05, 0) is 89.5 Å². The van der Waals surface area contributed by atoms with Gasteiger partial charge in [0.1, 0.15) is 17.2 Å². The number of anilines is 1. The zero-order valence-corrected chi connectivity index (χ0v) is 28.6. The second-order valence-corrected chi connectivity index (χ2v) is 14.2. The number of nitrogens with zero attached hydrogens (tertiary/aromatic N) is 3. The van der Waals surface area contributed by atoms with Crippen LogP contribution in [0.25, 0.3) is 0 Å². The van der Waals surface area contributed by atoms with Crippen LogP contribution in [0.5, 0.6) is 5.75 Å². The molecular weight excluding hydrogens is 558 g/mol. The van der Waals surface area contributed by atoms with Crippen molar-refractivity contribution >= 4 is 17.8 Å². The maximum absolute atomic E-state index is 14.3. The first-order valence-corrected chi connectivity index (χ1v) is 16.6. The number of methoxy groups -OCH3 is 1. The first kappa shape index (κ1) is 35.7. The molecule has 1 aromatic heterocycles. The fraction of sp³-hybridized carbons (Fsp3) is 0.743. The average Bonchev–Trinajstić information content (AvgIpc) is 3.79. The van der Waals surface area contributed by atoms with E-state index in [1.54, 1.807) is 23.1 Å². The molecule has 248 valence electrons. The molecule has 0 radical (unpaired) electrons. The number of allylic oxidation sites excluding steroid dienone is 1. The molecule has 2 aliphatic rings. The second kappa shape index (κ2) is 16.0. The Kier molecular flexibility index (Phi) is 12.9. The van der Waals surface area contributed by atoms with E-state index in [9.17, 15) is 14.7 Å². The van der Waals surface area contributed by atoms with Crippen LogP contribution in [0.15, 0.2) is 23.6 Å². The molecular formula is C35H57N3O6. The minimum absolute atomic E-state index is 0.0609. The number of pyridine rings is 1. The lowest BCUT2D eigenvalue weighted by Crippen LogP contribution is -2.49. The maximum Gasteiger partial charge on any atom is 0.410 e. The molecule has 1 saturated heterocycles. The van der Waals surface area contributed by atoms with Crippen LogP contribution >= 0.6 is 0 Å². The van der Waals surface area contributed by atoms with E-state index in [0.29, 0.717) is 42.9 Å². The van der Waals surface area contributed by atoms with Crippen LogP contribution in [-0.4, -0.2) is 72.0 Å². The van der Waals surface area contributed by atoms with E-state index >= 15 is 0 Å². The molecule has 44 heavy (non-hydrogen) atoms. The molecule has 3 rings (SSSR count). The molecule has 2 fully saturated rings. The summed E-state index contributed by atoms with van der Waals surface area (Å²) in [5.74, 6) is 2.16. The lowest BCUT2D eigenvalue weighted by molar-refractivity contribution is -0.123. The van der Waals surface area contributed by atoms with E-state index < -0.39 is 17.6 Å². The van der Waals surface area contributed by atoms with Gasteiger partial charge in [-0.15, -0.1) is 0 Å². The normalized spacial score (nSPS) is 19.2. The van der Waals surface area contributed by atoms with Gasteiger partial charge in [0, 0.05) is 56.6 Å². The Morgan fingerprint density at radius 3 is 2.45 bits per heavy atom. The summed E-state index contributed by atoms with van der Waals surface area (Å²) in [6.45, 7) is 18.0. The highest BCUT2D eigenvalue weighted by molar-refractivity contribution is 5.96. The molecule has 0 aromatic carbocycles. The monoisotopic (exact) mass is 615 g/mol. The van der Waals surface area contributed by atoms with Crippen LogP contribution in [0.4, 0.5) is 10.6 Å². The number of likely N-dealkylation sites (tertiary alicyclic amines) is 1. The van der Waals surface area contributed by atoms with Crippen molar-refractivity contribution in [2.45, 2.75) is 118 Å². The summed E-state index contributed by atoms with van der Waals surface area (Å²) < 4.78 is 17.1. The molecule has 0 spiro atoms. The number of hydrogen-bond donors (Lipinski definition) is 1. The molecule has 1 N–H and O–H groups in total. The number of aliphatic hydroxyl groups is 1. The van der Waals surface area contributed by atoms with Crippen molar-refractivity contribution < 1.29 is 28.9 Å². The van der Waals surface area contributed by atoms with Crippen molar-refractivity contribution in [2.75, 3.05) is 38.3 Å². The largest absolute Gasteiger partial charge is 0.512 e. The predicted molar refractivity (Wildman–Crippen MR) is 174 cm³/mol. The van der Waals surface area contributed by atoms with Crippen LogP contribution < -0.4 is 9.64 Å². The smallest absolute Gasteiger partial charge is 0.410 e. The number of aliphatic hydroxyl groups excluding tert-OH is 1. The van der Waals surface area contributed by atoms with E-state index in [2.05, 4.69) is 32.7 Å². The van der Waals surface area contributed by atoms with Crippen LogP contribution in [0.1, 0.15) is 112 Å². The first-order valence-electron chi connectivity index (χ1n) is 16.6. The summed E-state index contributed by atoms with van der Waals surface area (Å²) in [4.78, 5) is 35.6. The number of ether oxygens (including phenoxy) is 3. The minimum atomic E-state index is -0.676. The summed E-state index contributed by atoms with van der Waals surface area (Å²) >= 11 is 0. The predicted octanol–water partition coefficient (Wildman–Crippen LogP) is 7.65. The Morgan fingerprint density at radius 1 is 1.18 bits per heavy atom. The fourth-order valence-electron chi connectivity index (χ4n) is 5.97. The number of carbonyl (C=O) groups is 2. The van der Waals surface area contributed by atoms with Crippen molar-refractivity contribution in [3.63, 3.8) is 0 Å². The van der Waals surface area contributed by atoms with Gasteiger partial charge in [-0.3, -0.25) is 9.69 Å². The summed E-state index contributed by atoms with van der Waals surface area (Å²) in [5, 5.41) is 11.3. The SMILES string of the molecule is CCOCC(CCC/C(O)=C1/C[C@@H](C(=O)N(c2cc(OC)c(C(C)C)cn2)C2CC2)CN(C(=O)OC(C)(C)C)C1)CC(C)C. The van der Waals surface area contributed by atoms with Crippen molar-refractivity contribution in [3.05, 3.63) is 29.2 Å². The van der Waals surface area contributed by atoms with E-state index in [1.807, 2.05) is 33.8 Å². The Bertz CT molecular complexity index is 1140. The van der Waals surface area contributed by atoms with Crippen molar-refractivity contribution in [1.29, 1.82) is 0 Å². The van der Waals surface area contributed by atoms with Crippen LogP contribution in [-0.2, 0) is 14.3 Å². The number of hydrogen-bond acceptors (Lipinski definition) is 7. The summed E-state index contributed by atoms with van der Waals surface area (Å²) in [5.41, 5.74) is 1.03. The van der Waals surface area contributed by atoms with Crippen molar-refractivity contribution in [2.24, 2.45) is 17.8 Å². The maximum atomic E-state index is 14.3. The molecule has 1 saturated carbocycles. The molecule has 2 amide bonds. The third-order valence-corrected chi connectivity index (χ3v) is 8.23. The lowest BCUT2D eigenvalue weighted by Gasteiger charge is -2.37. The quantitative estimate of drug-likeness (QED) is 0.215. The van der Waals surface area contributed by atoms with Gasteiger partial charge in [0.05, 0.1) is 18.8 Å². The third kappa shape index (κ3) is 10.4. The number of piperidine rings is 1. The number of aromatic nitrogens is 1. The molecule has 1 aliphatic carbocycles. The highest BCUT2D eigenvalue weighted by Gasteiger charge is 2.42. The zero-order valence-electron chi connectivity index (χ0n) is 28.6. The van der Waals surface area contributed by atoms with Gasteiger partial charge >= 0.3 is 6.09 Å². The van der Waals surface area contributed by atoms with Gasteiger partial charge in [-0.2, -0.15) is 0 Å². The fourth-order valence-corrected chi connectivity index (χ4v) is 5.97. The van der Waals surface area contributed by atoms with Crippen LogP contribution in [0, 0.1) is 17.8 Å². The molecule has 9 nitrogen and oxygen atoms in total. The molecule has 0 bridgehead atoms. The minimum Gasteiger partial charge on any atom is -0.512 e. The standard InChI is InChI=1S/C35H57N3O6/c1-10-43-22-25(16-23(2)3)12-11-13-30(39)26-17-27(21-37(20-26)34(41)44-35(6,7)8)33(40)38(28-14-15-28)32-18-31(42-9)29(19-36-32)24(4)5/h18-19,23-25,27-28,39H,10-17,20-22H2,1-9H3/b30-26+/t25?,27-/m1/s1. The lowest BCUT2D eigenvalue weighted by atomic mass is 9.89. The van der Waals surface area contributed by atoms with Crippen molar-refractivity contribution in [1.82, 2.24) is 9.88 Å². The molecule has 1 unspecified atom stereocenters. The Morgan fingerprint density at radius 2 is 1.89 bits per heavy atom. The third-order valence-electron chi connectivity index (χ3n) is 8.23. The molecule has 9 heteroatoms. The molecule has 2 heterocycles. The van der Waals surface area contributed by atoms with Crippen LogP contribution in [0.3, 0.4) is 0 Å². The molecule has 1 aliphatic heterocycles. The summed E-state index contributed by atoms with van der Waals surface area (Å²) in [7, 11) is 1.63. The van der Waals surface area contributed by atoms with E-state index in [4.69, 9.17) is 14.2 Å². The van der Waals surface area contributed by atoms with Gasteiger partial charge in [0.15, 0.2) is 0 Å². The van der Waals surface area contributed by atoms with E-state index in [-0.39, 0.29) is 36.7 Å². The number of rotatable bonds is 14. The van der Waals surface area contributed by atoms with E-state index in [1.165, 1.54) is 0 Å². The van der Waals surface area contributed by atoms with Crippen LogP contribution in [0.2, 0.25) is 0 Å². The van der Waals surface area contributed by atoms with Gasteiger partial charge in [-0.25, -0.2) is 9.78 Å². The summed E-state index contributed by atoms with van der Waals surface area (Å²) in [6.07, 6.45) is 6.85. The number of amides is 2. The van der Waals surface area contributed by atoms with Crippen molar-refractivity contribution in [3.8, 4) is 5.75 Å². The molecule has 1 aromatic rings. The van der Waals surface area contributed by atoms with Gasteiger partial charge in [0.25, 0.3) is 0 Å².